The zero-order valence-corrected chi connectivity index (χ0v) is 12.1. The minimum Gasteiger partial charge on any atom is -0.481 e. The number of rotatable bonds is 6. The number of carbonyl (C=O) groups is 2. The molecule has 1 aromatic rings. The number of hydrogen-bond donors (Lipinski definition) is 1. The third-order valence-electron chi connectivity index (χ3n) is 3.74. The molecular weight excluding hydrogens is 266 g/mol. The van der Waals surface area contributed by atoms with Crippen molar-refractivity contribution < 1.29 is 14.7 Å². The minimum absolute atomic E-state index is 0.0611. The molecule has 1 fully saturated rings. The van der Waals surface area contributed by atoms with Gasteiger partial charge in [0.2, 0.25) is 5.91 Å². The minimum atomic E-state index is -0.830. The van der Waals surface area contributed by atoms with Gasteiger partial charge in [0, 0.05) is 19.0 Å². The molecule has 0 aromatic heterocycles. The number of likely N-dealkylation sites (tertiary alicyclic amines) is 1. The highest BCUT2D eigenvalue weighted by Gasteiger charge is 2.29. The summed E-state index contributed by atoms with van der Waals surface area (Å²) in [4.78, 5) is 24.7. The lowest BCUT2D eigenvalue weighted by molar-refractivity contribution is -0.139. The van der Waals surface area contributed by atoms with Crippen LogP contribution in [0.15, 0.2) is 36.4 Å². The van der Waals surface area contributed by atoms with Gasteiger partial charge in [0.1, 0.15) is 0 Å². The van der Waals surface area contributed by atoms with Crippen LogP contribution in [-0.2, 0) is 9.59 Å². The van der Waals surface area contributed by atoms with Gasteiger partial charge in [-0.15, -0.1) is 0 Å². The highest BCUT2D eigenvalue weighted by Crippen LogP contribution is 2.21. The third-order valence-corrected chi connectivity index (χ3v) is 3.74. The molecular formula is C17H21NO3. The van der Waals surface area contributed by atoms with Crippen molar-refractivity contribution in [2.45, 2.75) is 38.1 Å². The lowest BCUT2D eigenvalue weighted by Gasteiger charge is -2.23. The van der Waals surface area contributed by atoms with Gasteiger partial charge in [-0.25, -0.2) is 0 Å². The van der Waals surface area contributed by atoms with E-state index in [1.807, 2.05) is 42.5 Å². The highest BCUT2D eigenvalue weighted by molar-refractivity contribution is 5.78. The molecule has 1 aliphatic heterocycles. The number of aliphatic carboxylic acids is 1. The van der Waals surface area contributed by atoms with Gasteiger partial charge in [0.15, 0.2) is 0 Å². The highest BCUT2D eigenvalue weighted by atomic mass is 16.4. The summed E-state index contributed by atoms with van der Waals surface area (Å²) in [6.45, 7) is 0.694. The molecule has 1 N–H and O–H groups in total. The summed E-state index contributed by atoms with van der Waals surface area (Å²) in [5.74, 6) is -0.764. The van der Waals surface area contributed by atoms with Gasteiger partial charge in [-0.05, 0) is 24.8 Å². The van der Waals surface area contributed by atoms with Gasteiger partial charge in [-0.1, -0.05) is 42.5 Å². The van der Waals surface area contributed by atoms with E-state index in [4.69, 9.17) is 5.11 Å². The van der Waals surface area contributed by atoms with Crippen molar-refractivity contribution in [3.63, 3.8) is 0 Å². The number of carboxylic acids is 1. The van der Waals surface area contributed by atoms with Gasteiger partial charge in [0.25, 0.3) is 0 Å². The fourth-order valence-corrected chi connectivity index (χ4v) is 2.71. The summed E-state index contributed by atoms with van der Waals surface area (Å²) >= 11 is 0. The first kappa shape index (κ1) is 15.3. The number of amides is 1. The number of benzene rings is 1. The van der Waals surface area contributed by atoms with Crippen LogP contribution in [0.3, 0.4) is 0 Å². The van der Waals surface area contributed by atoms with Crippen molar-refractivity contribution in [3.8, 4) is 0 Å². The summed E-state index contributed by atoms with van der Waals surface area (Å²) in [7, 11) is 0. The van der Waals surface area contributed by atoms with E-state index in [1.54, 1.807) is 4.90 Å². The average Bonchev–Trinajstić information content (AvgIpc) is 2.92. The predicted molar refractivity (Wildman–Crippen MR) is 81.7 cm³/mol. The van der Waals surface area contributed by atoms with E-state index in [1.165, 1.54) is 0 Å². The number of nitrogens with zero attached hydrogens (tertiary/aromatic N) is 1. The molecule has 0 radical (unpaired) electrons. The molecule has 112 valence electrons. The maximum absolute atomic E-state index is 12.1. The van der Waals surface area contributed by atoms with E-state index >= 15 is 0 Å². The van der Waals surface area contributed by atoms with Crippen molar-refractivity contribution in [3.05, 3.63) is 42.0 Å². The molecule has 1 amide bonds. The Morgan fingerprint density at radius 2 is 2.05 bits per heavy atom. The second kappa shape index (κ2) is 7.62. The van der Waals surface area contributed by atoms with Crippen LogP contribution in [0.5, 0.6) is 0 Å². The standard InChI is InChI=1S/C17H21NO3/c19-16(18-12-6-10-15(18)13-17(20)21)11-5-4-9-14-7-2-1-3-8-14/h1-4,7-9,15H,5-6,10-13H2,(H,20,21)/b9-4+. The van der Waals surface area contributed by atoms with Crippen LogP contribution in [0.1, 0.15) is 37.7 Å². The Bertz CT molecular complexity index is 510. The Balaban J connectivity index is 1.79. The SMILES string of the molecule is O=C(O)CC1CCCN1C(=O)CC/C=C/c1ccccc1. The molecule has 2 rings (SSSR count). The Labute approximate surface area is 125 Å². The number of carboxylic acid groups (broad SMARTS) is 1. The normalized spacial score (nSPS) is 18.3. The molecule has 0 spiro atoms. The molecule has 1 unspecified atom stereocenters. The summed E-state index contributed by atoms with van der Waals surface area (Å²) in [6, 6.07) is 9.84. The zero-order chi connectivity index (χ0) is 15.1. The van der Waals surface area contributed by atoms with E-state index in [2.05, 4.69) is 0 Å². The fraction of sp³-hybridized carbons (Fsp3) is 0.412. The first-order valence-corrected chi connectivity index (χ1v) is 7.39. The van der Waals surface area contributed by atoms with Gasteiger partial charge in [0.05, 0.1) is 6.42 Å². The molecule has 1 aromatic carbocycles. The second-order valence-corrected chi connectivity index (χ2v) is 5.33. The third kappa shape index (κ3) is 4.74. The van der Waals surface area contributed by atoms with E-state index in [0.29, 0.717) is 19.4 Å². The van der Waals surface area contributed by atoms with Crippen molar-refractivity contribution in [2.24, 2.45) is 0 Å². The van der Waals surface area contributed by atoms with Crippen LogP contribution in [0.2, 0.25) is 0 Å². The van der Waals surface area contributed by atoms with E-state index in [-0.39, 0.29) is 18.4 Å². The maximum atomic E-state index is 12.1. The van der Waals surface area contributed by atoms with Gasteiger partial charge >= 0.3 is 5.97 Å². The molecule has 21 heavy (non-hydrogen) atoms. The first-order chi connectivity index (χ1) is 10.2. The van der Waals surface area contributed by atoms with Crippen LogP contribution < -0.4 is 0 Å². The van der Waals surface area contributed by atoms with Crippen molar-refractivity contribution in [1.82, 2.24) is 4.90 Å². The molecule has 1 aliphatic rings. The van der Waals surface area contributed by atoms with Crippen LogP contribution >= 0.6 is 0 Å². The average molecular weight is 287 g/mol. The maximum Gasteiger partial charge on any atom is 0.305 e. The fourth-order valence-electron chi connectivity index (χ4n) is 2.71. The largest absolute Gasteiger partial charge is 0.481 e. The quantitative estimate of drug-likeness (QED) is 0.875. The lowest BCUT2D eigenvalue weighted by atomic mass is 10.1. The summed E-state index contributed by atoms with van der Waals surface area (Å²) in [5, 5.41) is 8.86. The summed E-state index contributed by atoms with van der Waals surface area (Å²) in [6.07, 6.45) is 6.90. The summed E-state index contributed by atoms with van der Waals surface area (Å²) < 4.78 is 0. The molecule has 4 heteroatoms. The van der Waals surface area contributed by atoms with E-state index < -0.39 is 5.97 Å². The predicted octanol–water partition coefficient (Wildman–Crippen LogP) is 2.95. The Morgan fingerprint density at radius 3 is 2.76 bits per heavy atom. The first-order valence-electron chi connectivity index (χ1n) is 7.39. The monoisotopic (exact) mass is 287 g/mol. The molecule has 4 nitrogen and oxygen atoms in total. The topological polar surface area (TPSA) is 57.6 Å². The van der Waals surface area contributed by atoms with Crippen LogP contribution in [0, 0.1) is 0 Å². The lowest BCUT2D eigenvalue weighted by Crippen LogP contribution is -2.36. The van der Waals surface area contributed by atoms with Crippen LogP contribution in [0.4, 0.5) is 0 Å². The number of allylic oxidation sites excluding steroid dienone is 1. The van der Waals surface area contributed by atoms with Crippen molar-refractivity contribution in [2.75, 3.05) is 6.54 Å². The Hall–Kier alpha value is -2.10. The molecule has 1 atom stereocenters. The second-order valence-electron chi connectivity index (χ2n) is 5.33. The van der Waals surface area contributed by atoms with Gasteiger partial charge in [-0.3, -0.25) is 9.59 Å². The number of hydrogen-bond acceptors (Lipinski definition) is 2. The van der Waals surface area contributed by atoms with Crippen molar-refractivity contribution >= 4 is 18.0 Å². The molecule has 1 heterocycles. The summed E-state index contributed by atoms with van der Waals surface area (Å²) in [5.41, 5.74) is 1.12. The van der Waals surface area contributed by atoms with Crippen LogP contribution in [-0.4, -0.2) is 34.5 Å². The van der Waals surface area contributed by atoms with Gasteiger partial charge in [-0.2, -0.15) is 0 Å². The van der Waals surface area contributed by atoms with Gasteiger partial charge < -0.3 is 10.0 Å². The van der Waals surface area contributed by atoms with Crippen LogP contribution in [0.25, 0.3) is 6.08 Å². The Morgan fingerprint density at radius 1 is 1.29 bits per heavy atom. The zero-order valence-electron chi connectivity index (χ0n) is 12.1. The van der Waals surface area contributed by atoms with E-state index in [0.717, 1.165) is 18.4 Å². The molecule has 1 saturated heterocycles. The molecule has 0 aliphatic carbocycles. The van der Waals surface area contributed by atoms with E-state index in [9.17, 15) is 9.59 Å². The van der Waals surface area contributed by atoms with Crippen molar-refractivity contribution in [1.29, 1.82) is 0 Å². The molecule has 0 saturated carbocycles. The smallest absolute Gasteiger partial charge is 0.305 e. The number of carbonyl (C=O) groups excluding carboxylic acids is 1. The Kier molecular flexibility index (Phi) is 5.55. The molecule has 0 bridgehead atoms.